The molecule has 1 aromatic heterocycles. The normalized spacial score (nSPS) is 14.7. The van der Waals surface area contributed by atoms with Crippen LogP contribution in [-0.2, 0) is 13.5 Å². The number of aromatic nitrogens is 2. The molecule has 0 atom stereocenters. The highest BCUT2D eigenvalue weighted by molar-refractivity contribution is 8.03. The molecule has 8 heteroatoms. The van der Waals surface area contributed by atoms with E-state index in [0.29, 0.717) is 11.5 Å². The molecule has 1 aliphatic heterocycles. The molecule has 7 nitrogen and oxygen atoms in total. The highest BCUT2D eigenvalue weighted by atomic mass is 32.2. The lowest BCUT2D eigenvalue weighted by atomic mass is 10.1. The van der Waals surface area contributed by atoms with E-state index in [0.717, 1.165) is 59.1 Å². The van der Waals surface area contributed by atoms with Crippen LogP contribution < -0.4 is 29.7 Å². The summed E-state index contributed by atoms with van der Waals surface area (Å²) in [6.07, 6.45) is 5.07. The van der Waals surface area contributed by atoms with Gasteiger partial charge < -0.3 is 14.4 Å². The zero-order chi connectivity index (χ0) is 24.2. The lowest BCUT2D eigenvalue weighted by Crippen LogP contribution is -2.74. The molecule has 2 aromatic carbocycles. The molecular formula is C26H33N5O2S+2. The van der Waals surface area contributed by atoms with Crippen molar-refractivity contribution in [3.63, 3.8) is 0 Å². The van der Waals surface area contributed by atoms with Gasteiger partial charge in [0.05, 0.1) is 50.3 Å². The fourth-order valence-electron chi connectivity index (χ4n) is 4.16. The highest BCUT2D eigenvalue weighted by Crippen LogP contribution is 2.45. The van der Waals surface area contributed by atoms with Crippen LogP contribution in [0.2, 0.25) is 0 Å². The number of unbranched alkanes of at least 4 members (excludes halogenated alkanes) is 1. The van der Waals surface area contributed by atoms with Crippen molar-refractivity contribution in [1.29, 1.82) is 0 Å². The number of nitrogens with two attached hydrogens (primary N) is 1. The first-order chi connectivity index (χ1) is 16.4. The number of para-hydroxylation sites is 1. The van der Waals surface area contributed by atoms with Gasteiger partial charge in [0.15, 0.2) is 17.2 Å². The van der Waals surface area contributed by atoms with Gasteiger partial charge in [-0.15, -0.1) is 0 Å². The third-order valence-electron chi connectivity index (χ3n) is 6.04. The highest BCUT2D eigenvalue weighted by Gasteiger charge is 2.25. The van der Waals surface area contributed by atoms with E-state index in [-0.39, 0.29) is 0 Å². The van der Waals surface area contributed by atoms with Gasteiger partial charge >= 0.3 is 0 Å². The predicted molar refractivity (Wildman–Crippen MR) is 138 cm³/mol. The number of ether oxygens (including phenoxy) is 2. The number of rotatable bonds is 8. The lowest BCUT2D eigenvalue weighted by Gasteiger charge is -2.14. The number of hydrogen-bond acceptors (Lipinski definition) is 5. The summed E-state index contributed by atoms with van der Waals surface area (Å²) in [5, 5.41) is 2.17. The Hall–Kier alpha value is -3.26. The Labute approximate surface area is 205 Å². The Morgan fingerprint density at radius 1 is 1.18 bits per heavy atom. The molecule has 3 N–H and O–H groups in total. The molecule has 0 spiro atoms. The standard InChI is InChI=1S/C26H32N5O2S/c1-17(27)28-13-9-8-12-25-29-19(15-26-31(3)20-10-6-7-11-24(20)34-26)18-14-22(32-4)23(33-5)16-21(18)30(25)2/h6-7,10-11,14-16H,8-9,12-13H2,1-5H3,(H2,27,28)/q+1/p+1. The van der Waals surface area contributed by atoms with Crippen LogP contribution in [0.5, 0.6) is 11.5 Å². The fourth-order valence-corrected chi connectivity index (χ4v) is 5.24. The summed E-state index contributed by atoms with van der Waals surface area (Å²) in [4.78, 5) is 11.8. The average molecular weight is 480 g/mol. The van der Waals surface area contributed by atoms with Gasteiger partial charge in [0.1, 0.15) is 5.52 Å². The Morgan fingerprint density at radius 2 is 1.91 bits per heavy atom. The summed E-state index contributed by atoms with van der Waals surface area (Å²) < 4.78 is 13.4. The summed E-state index contributed by atoms with van der Waals surface area (Å²) >= 11 is 1.76. The van der Waals surface area contributed by atoms with Gasteiger partial charge in [-0.1, -0.05) is 23.9 Å². The second-order valence-corrected chi connectivity index (χ2v) is 9.44. The molecule has 0 bridgehead atoms. The first kappa shape index (κ1) is 23.9. The number of nitrogens with one attached hydrogen (secondary N) is 1. The van der Waals surface area contributed by atoms with E-state index in [1.54, 1.807) is 26.0 Å². The summed E-state index contributed by atoms with van der Waals surface area (Å²) in [5.74, 6) is 3.19. The first-order valence-electron chi connectivity index (χ1n) is 11.4. The Kier molecular flexibility index (Phi) is 7.26. The second kappa shape index (κ2) is 10.3. The molecule has 0 aliphatic carbocycles. The Bertz CT molecular complexity index is 1270. The molecule has 4 rings (SSSR count). The molecule has 0 saturated carbocycles. The molecule has 178 valence electrons. The minimum atomic E-state index is 0.694. The molecule has 0 fully saturated rings. The number of benzene rings is 2. The molecule has 3 aromatic rings. The smallest absolute Gasteiger partial charge is 0.299 e. The van der Waals surface area contributed by atoms with Crippen molar-refractivity contribution in [3.8, 4) is 11.5 Å². The maximum atomic E-state index is 5.72. The predicted octanol–water partition coefficient (Wildman–Crippen LogP) is 2.40. The van der Waals surface area contributed by atoms with Crippen molar-refractivity contribution in [2.45, 2.75) is 31.1 Å². The summed E-state index contributed by atoms with van der Waals surface area (Å²) in [7, 11) is 7.49. The van der Waals surface area contributed by atoms with Crippen molar-refractivity contribution < 1.29 is 19.0 Å². The molecule has 0 amide bonds. The molecule has 0 unspecified atom stereocenters. The van der Waals surface area contributed by atoms with Gasteiger partial charge in [-0.2, -0.15) is 0 Å². The van der Waals surface area contributed by atoms with Crippen molar-refractivity contribution >= 4 is 40.3 Å². The SMILES string of the molecule is COc1cc2c(C=C3Sc4ccccc4N3C)nc(CCCC[NH+]=C(C)N)[n+](C)c2cc1OC. The number of amidine groups is 1. The van der Waals surface area contributed by atoms with Gasteiger partial charge in [0.2, 0.25) is 5.84 Å². The topological polar surface area (TPSA) is 78.5 Å². The second-order valence-electron chi connectivity index (χ2n) is 8.37. The Balaban J connectivity index is 1.77. The van der Waals surface area contributed by atoms with Crippen molar-refractivity contribution in [2.75, 3.05) is 32.7 Å². The average Bonchev–Trinajstić information content (AvgIpc) is 3.15. The summed E-state index contributed by atoms with van der Waals surface area (Å²) in [5.41, 5.74) is 8.91. The minimum Gasteiger partial charge on any atom is -0.493 e. The van der Waals surface area contributed by atoms with E-state index in [4.69, 9.17) is 20.2 Å². The van der Waals surface area contributed by atoms with Crippen LogP contribution in [0.3, 0.4) is 0 Å². The zero-order valence-electron chi connectivity index (χ0n) is 20.5. The summed E-state index contributed by atoms with van der Waals surface area (Å²) in [6, 6.07) is 12.5. The summed E-state index contributed by atoms with van der Waals surface area (Å²) in [6.45, 7) is 2.74. The van der Waals surface area contributed by atoms with Crippen LogP contribution in [0.25, 0.3) is 17.0 Å². The van der Waals surface area contributed by atoms with Gasteiger partial charge in [-0.05, 0) is 36.0 Å². The maximum Gasteiger partial charge on any atom is 0.299 e. The molecule has 0 saturated heterocycles. The van der Waals surface area contributed by atoms with Gasteiger partial charge in [0.25, 0.3) is 5.82 Å². The van der Waals surface area contributed by atoms with Crippen molar-refractivity contribution in [2.24, 2.45) is 12.8 Å². The first-order valence-corrected chi connectivity index (χ1v) is 12.2. The van der Waals surface area contributed by atoms with Crippen LogP contribution in [0.15, 0.2) is 46.3 Å². The van der Waals surface area contributed by atoms with Crippen molar-refractivity contribution in [3.05, 3.63) is 52.9 Å². The lowest BCUT2D eigenvalue weighted by molar-refractivity contribution is -0.656. The van der Waals surface area contributed by atoms with Crippen LogP contribution in [0, 0.1) is 0 Å². The number of hydrogen-bond donors (Lipinski definition) is 2. The van der Waals surface area contributed by atoms with E-state index in [9.17, 15) is 0 Å². The van der Waals surface area contributed by atoms with E-state index < -0.39 is 0 Å². The van der Waals surface area contributed by atoms with Crippen LogP contribution in [0.4, 0.5) is 5.69 Å². The third kappa shape index (κ3) is 4.82. The Morgan fingerprint density at radius 3 is 2.62 bits per heavy atom. The molecule has 34 heavy (non-hydrogen) atoms. The monoisotopic (exact) mass is 479 g/mol. The van der Waals surface area contributed by atoms with Gasteiger partial charge in [-0.25, -0.2) is 4.57 Å². The zero-order valence-corrected chi connectivity index (χ0v) is 21.3. The number of nitrogens with zero attached hydrogens (tertiary/aromatic N) is 3. The van der Waals surface area contributed by atoms with E-state index in [2.05, 4.69) is 58.9 Å². The quantitative estimate of drug-likeness (QED) is 0.224. The third-order valence-corrected chi connectivity index (χ3v) is 7.20. The van der Waals surface area contributed by atoms with E-state index >= 15 is 0 Å². The van der Waals surface area contributed by atoms with Gasteiger partial charge in [-0.3, -0.25) is 10.7 Å². The number of aryl methyl sites for hydroxylation is 2. The van der Waals surface area contributed by atoms with Gasteiger partial charge in [0, 0.05) is 31.0 Å². The molecular weight excluding hydrogens is 446 g/mol. The maximum absolute atomic E-state index is 5.72. The number of anilines is 1. The fraction of sp³-hybridized carbons (Fsp3) is 0.346. The molecule has 1 aliphatic rings. The molecule has 0 radical (unpaired) electrons. The van der Waals surface area contributed by atoms with Crippen LogP contribution in [-0.4, -0.2) is 38.6 Å². The number of thioether (sulfide) groups is 1. The van der Waals surface area contributed by atoms with E-state index in [1.165, 1.54) is 10.6 Å². The number of fused-ring (bicyclic) bond motifs is 2. The van der Waals surface area contributed by atoms with Crippen molar-refractivity contribution in [1.82, 2.24) is 4.98 Å². The van der Waals surface area contributed by atoms with E-state index in [1.807, 2.05) is 19.1 Å². The van der Waals surface area contributed by atoms with Crippen LogP contribution >= 0.6 is 11.8 Å². The minimum absolute atomic E-state index is 0.694. The number of methoxy groups -OCH3 is 2. The van der Waals surface area contributed by atoms with Crippen LogP contribution in [0.1, 0.15) is 31.3 Å². The largest absolute Gasteiger partial charge is 0.493 e. The molecule has 2 heterocycles.